The van der Waals surface area contributed by atoms with Gasteiger partial charge >= 0.3 is 5.95 Å². The molecule has 0 spiro atoms. The number of aliphatic hydroxyl groups is 1. The highest BCUT2D eigenvalue weighted by Crippen LogP contribution is 2.53. The van der Waals surface area contributed by atoms with E-state index in [1.165, 1.54) is 6.20 Å². The molecule has 0 saturated carbocycles. The first kappa shape index (κ1) is 13.5. The van der Waals surface area contributed by atoms with Crippen molar-refractivity contribution < 1.29 is 10.0 Å². The summed E-state index contributed by atoms with van der Waals surface area (Å²) in [6.07, 6.45) is 3.48. The average Bonchev–Trinajstić information content (AvgIpc) is 2.85. The van der Waals surface area contributed by atoms with Gasteiger partial charge in [0.05, 0.1) is 5.54 Å². The number of piperidine rings is 1. The van der Waals surface area contributed by atoms with Gasteiger partial charge in [0, 0.05) is 12.6 Å². The number of imidazole rings is 1. The molecule has 2 aliphatic heterocycles. The maximum Gasteiger partial charge on any atom is 0.434 e. The van der Waals surface area contributed by atoms with E-state index in [-0.39, 0.29) is 23.6 Å². The van der Waals surface area contributed by atoms with E-state index in [4.69, 9.17) is 0 Å². The van der Waals surface area contributed by atoms with Gasteiger partial charge in [0.1, 0.15) is 24.7 Å². The van der Waals surface area contributed by atoms with Crippen LogP contribution in [0.3, 0.4) is 0 Å². The summed E-state index contributed by atoms with van der Waals surface area (Å²) < 4.78 is 1.60. The highest BCUT2D eigenvalue weighted by Gasteiger charge is 2.69. The largest absolute Gasteiger partial charge is 0.434 e. The minimum Gasteiger partial charge on any atom is -0.390 e. The molecule has 1 aromatic heterocycles. The van der Waals surface area contributed by atoms with Crippen LogP contribution >= 0.6 is 0 Å². The molecule has 2 saturated heterocycles. The molecule has 5 unspecified atom stereocenters. The van der Waals surface area contributed by atoms with Gasteiger partial charge in [0.2, 0.25) is 0 Å². The third-order valence-corrected chi connectivity index (χ3v) is 4.68. The van der Waals surface area contributed by atoms with Crippen LogP contribution in [0, 0.1) is 10.1 Å². The van der Waals surface area contributed by atoms with Crippen LogP contribution < -0.4 is 5.32 Å². The number of nitrogens with one attached hydrogen (secondary N) is 1. The fourth-order valence-electron chi connectivity index (χ4n) is 3.80. The Morgan fingerprint density at radius 2 is 2.40 bits per heavy atom. The predicted molar refractivity (Wildman–Crippen MR) is 71.1 cm³/mol. The van der Waals surface area contributed by atoms with Gasteiger partial charge in [-0.1, -0.05) is 4.98 Å². The molecule has 2 N–H and O–H groups in total. The molecule has 8 heteroatoms. The van der Waals surface area contributed by atoms with E-state index < -0.39 is 11.2 Å². The van der Waals surface area contributed by atoms with Gasteiger partial charge in [0.25, 0.3) is 0 Å². The summed E-state index contributed by atoms with van der Waals surface area (Å²) in [6.45, 7) is 5.33. The number of nitrogens with zero attached hydrogens (tertiary/aromatic N) is 4. The van der Waals surface area contributed by atoms with Crippen molar-refractivity contribution in [2.75, 3.05) is 13.1 Å². The predicted octanol–water partition coefficient (Wildman–Crippen LogP) is 0.107. The topological polar surface area (TPSA) is 96.2 Å². The average molecular weight is 281 g/mol. The molecule has 0 amide bonds. The molecule has 0 aliphatic carbocycles. The number of rotatable bonds is 4. The first-order valence-corrected chi connectivity index (χ1v) is 6.84. The second-order valence-electron chi connectivity index (χ2n) is 5.58. The van der Waals surface area contributed by atoms with Gasteiger partial charge < -0.3 is 20.5 Å². The van der Waals surface area contributed by atoms with Crippen molar-refractivity contribution in [3.8, 4) is 0 Å². The van der Waals surface area contributed by atoms with Crippen LogP contribution in [0.4, 0.5) is 5.95 Å². The first-order chi connectivity index (χ1) is 9.50. The zero-order chi connectivity index (χ0) is 14.5. The molecule has 2 aliphatic rings. The summed E-state index contributed by atoms with van der Waals surface area (Å²) in [7, 11) is 0. The van der Waals surface area contributed by atoms with Crippen molar-refractivity contribution in [1.82, 2.24) is 19.8 Å². The van der Waals surface area contributed by atoms with Crippen LogP contribution in [0.25, 0.3) is 0 Å². The Bertz CT molecular complexity index is 531. The monoisotopic (exact) mass is 281 g/mol. The lowest BCUT2D eigenvalue weighted by Gasteiger charge is -2.27. The highest BCUT2D eigenvalue weighted by atomic mass is 16.6. The Labute approximate surface area is 116 Å². The van der Waals surface area contributed by atoms with Crippen molar-refractivity contribution in [3.05, 3.63) is 22.5 Å². The smallest absolute Gasteiger partial charge is 0.390 e. The van der Waals surface area contributed by atoms with Crippen molar-refractivity contribution in [3.63, 3.8) is 0 Å². The molecule has 0 bridgehead atoms. The Hall–Kier alpha value is -1.51. The van der Waals surface area contributed by atoms with Crippen LogP contribution in [0.2, 0.25) is 0 Å². The first-order valence-electron chi connectivity index (χ1n) is 6.84. The minimum atomic E-state index is -0.551. The van der Waals surface area contributed by atoms with E-state index in [0.717, 1.165) is 19.5 Å². The molecule has 1 aromatic rings. The van der Waals surface area contributed by atoms with Crippen LogP contribution in [0.5, 0.6) is 0 Å². The normalized spacial score (nSPS) is 35.1. The van der Waals surface area contributed by atoms with Gasteiger partial charge in [-0.15, -0.1) is 0 Å². The third-order valence-electron chi connectivity index (χ3n) is 4.68. The molecule has 3 heterocycles. The molecule has 110 valence electrons. The number of fused-ring (bicyclic) bond motifs is 1. The van der Waals surface area contributed by atoms with Crippen molar-refractivity contribution in [2.45, 2.75) is 44.1 Å². The van der Waals surface area contributed by atoms with Crippen LogP contribution in [0.15, 0.2) is 12.4 Å². The Morgan fingerprint density at radius 1 is 1.65 bits per heavy atom. The summed E-state index contributed by atoms with van der Waals surface area (Å²) in [5, 5.41) is 24.3. The minimum absolute atomic E-state index is 0.127. The Morgan fingerprint density at radius 3 is 3.05 bits per heavy atom. The Balaban J connectivity index is 1.95. The highest BCUT2D eigenvalue weighted by molar-refractivity contribution is 5.26. The molecule has 5 atom stereocenters. The van der Waals surface area contributed by atoms with Gasteiger partial charge in [-0.05, 0) is 31.7 Å². The van der Waals surface area contributed by atoms with Gasteiger partial charge in [-0.2, -0.15) is 0 Å². The van der Waals surface area contributed by atoms with E-state index in [0.29, 0.717) is 0 Å². The summed E-state index contributed by atoms with van der Waals surface area (Å²) in [6, 6.07) is 0.138. The number of aliphatic hydroxyl groups excluding tert-OH is 1. The molecule has 20 heavy (non-hydrogen) atoms. The Kier molecular flexibility index (Phi) is 3.03. The number of hydrogen-bond donors (Lipinski definition) is 2. The molecule has 8 nitrogen and oxygen atoms in total. The summed E-state index contributed by atoms with van der Waals surface area (Å²) in [4.78, 5) is 16.4. The van der Waals surface area contributed by atoms with Crippen molar-refractivity contribution in [1.29, 1.82) is 0 Å². The SMILES string of the molecule is CC(O)N1C2CCNCC21C(C)n1ccnc1[N+](=O)[O-]. The van der Waals surface area contributed by atoms with Crippen LogP contribution in [-0.2, 0) is 0 Å². The second-order valence-corrected chi connectivity index (χ2v) is 5.58. The maximum absolute atomic E-state index is 11.0. The number of hydrogen-bond acceptors (Lipinski definition) is 6. The summed E-state index contributed by atoms with van der Waals surface area (Å²) >= 11 is 0. The zero-order valence-electron chi connectivity index (χ0n) is 11.6. The fourth-order valence-corrected chi connectivity index (χ4v) is 3.80. The lowest BCUT2D eigenvalue weighted by Crippen LogP contribution is -2.45. The lowest BCUT2D eigenvalue weighted by molar-refractivity contribution is -0.397. The van der Waals surface area contributed by atoms with Gasteiger partial charge in [-0.3, -0.25) is 4.90 Å². The van der Waals surface area contributed by atoms with Crippen LogP contribution in [-0.4, -0.2) is 55.4 Å². The van der Waals surface area contributed by atoms with Crippen molar-refractivity contribution >= 4 is 5.95 Å². The van der Waals surface area contributed by atoms with Crippen molar-refractivity contribution in [2.24, 2.45) is 0 Å². The molecule has 0 radical (unpaired) electrons. The lowest BCUT2D eigenvalue weighted by atomic mass is 9.92. The molecular formula is C12H19N5O3. The maximum atomic E-state index is 11.0. The van der Waals surface area contributed by atoms with Gasteiger partial charge in [0.15, 0.2) is 0 Å². The fraction of sp³-hybridized carbons (Fsp3) is 0.750. The molecule has 3 rings (SSSR count). The second kappa shape index (κ2) is 4.51. The number of nitro groups is 1. The van der Waals surface area contributed by atoms with Crippen LogP contribution in [0.1, 0.15) is 26.3 Å². The molecular weight excluding hydrogens is 262 g/mol. The zero-order valence-corrected chi connectivity index (χ0v) is 11.6. The molecule has 0 aromatic carbocycles. The standard InChI is InChI=1S/C12H19N5O3/c1-8(15-6-5-14-11(15)17(19)20)12-7-13-4-3-10(12)16(12)9(2)18/h5-6,8-10,13,18H,3-4,7H2,1-2H3. The molecule has 2 fully saturated rings. The van der Waals surface area contributed by atoms with E-state index in [1.807, 2.05) is 11.8 Å². The van der Waals surface area contributed by atoms with Gasteiger partial charge in [-0.25, -0.2) is 4.57 Å². The summed E-state index contributed by atoms with van der Waals surface area (Å²) in [5.74, 6) is -0.145. The van der Waals surface area contributed by atoms with E-state index in [9.17, 15) is 15.2 Å². The number of aromatic nitrogens is 2. The van der Waals surface area contributed by atoms with E-state index in [1.54, 1.807) is 17.7 Å². The summed E-state index contributed by atoms with van der Waals surface area (Å²) in [5.41, 5.74) is -0.266. The van der Waals surface area contributed by atoms with E-state index in [2.05, 4.69) is 10.3 Å². The quantitative estimate of drug-likeness (QED) is 0.462. The third kappa shape index (κ3) is 1.68. The van der Waals surface area contributed by atoms with E-state index >= 15 is 0 Å².